The van der Waals surface area contributed by atoms with Gasteiger partial charge in [-0.3, -0.25) is 0 Å². The van der Waals surface area contributed by atoms with E-state index in [4.69, 9.17) is 14.6 Å². The van der Waals surface area contributed by atoms with Gasteiger partial charge in [-0.05, 0) is 64.4 Å². The van der Waals surface area contributed by atoms with Gasteiger partial charge in [-0.15, -0.1) is 0 Å². The van der Waals surface area contributed by atoms with Gasteiger partial charge >= 0.3 is 18.2 Å². The Morgan fingerprint density at radius 3 is 2.33 bits per heavy atom. The molecule has 0 spiro atoms. The van der Waals surface area contributed by atoms with Crippen LogP contribution in [-0.4, -0.2) is 77.7 Å². The molecule has 1 unspecified atom stereocenters. The van der Waals surface area contributed by atoms with E-state index in [0.29, 0.717) is 24.9 Å². The van der Waals surface area contributed by atoms with Crippen molar-refractivity contribution in [3.63, 3.8) is 0 Å². The minimum atomic E-state index is -5.08. The quantitative estimate of drug-likeness (QED) is 0.423. The topological polar surface area (TPSA) is 147 Å². The maximum absolute atomic E-state index is 12.3. The van der Waals surface area contributed by atoms with E-state index in [-0.39, 0.29) is 12.1 Å². The third kappa shape index (κ3) is 9.12. The molecule has 0 aliphatic carbocycles. The van der Waals surface area contributed by atoms with Gasteiger partial charge in [-0.1, -0.05) is 0 Å². The lowest BCUT2D eigenvalue weighted by atomic mass is 10.2. The maximum Gasteiger partial charge on any atom is 0.490 e. The van der Waals surface area contributed by atoms with Crippen LogP contribution in [0.5, 0.6) is 0 Å². The molecule has 1 fully saturated rings. The Balaban J connectivity index is 0.000000532. The van der Waals surface area contributed by atoms with Crippen molar-refractivity contribution in [1.82, 2.24) is 29.6 Å². The number of carbonyl (C=O) groups is 2. The SMILES string of the molecule is Cc1ncn(-c2ccc(Nc3nccc(NC4CCN(C(=O)OC(C)(C)C)C4)n3)cc2)n1.O=C(O)C(F)(F)F. The van der Waals surface area contributed by atoms with Crippen molar-refractivity contribution in [3.8, 4) is 5.69 Å². The molecule has 2 aromatic heterocycles. The number of amides is 1. The van der Waals surface area contributed by atoms with Gasteiger partial charge in [0.25, 0.3) is 0 Å². The number of nitrogens with one attached hydrogen (secondary N) is 2. The number of carboxylic acid groups (broad SMARTS) is 1. The number of anilines is 3. The summed E-state index contributed by atoms with van der Waals surface area (Å²) in [4.78, 5) is 35.9. The molecule has 0 saturated carbocycles. The zero-order valence-corrected chi connectivity index (χ0v) is 21.7. The number of likely N-dealkylation sites (tertiary alicyclic amines) is 1. The van der Waals surface area contributed by atoms with E-state index in [2.05, 4.69) is 30.7 Å². The number of carbonyl (C=O) groups excluding carboxylic acids is 1. The summed E-state index contributed by atoms with van der Waals surface area (Å²) in [5.41, 5.74) is 1.28. The Labute approximate surface area is 222 Å². The second-order valence-corrected chi connectivity index (χ2v) is 9.53. The molecule has 0 bridgehead atoms. The summed E-state index contributed by atoms with van der Waals surface area (Å²) in [5, 5.41) is 18.0. The minimum Gasteiger partial charge on any atom is -0.475 e. The predicted molar refractivity (Wildman–Crippen MR) is 135 cm³/mol. The van der Waals surface area contributed by atoms with E-state index in [1.807, 2.05) is 58.0 Å². The fourth-order valence-electron chi connectivity index (χ4n) is 3.38. The van der Waals surface area contributed by atoms with E-state index < -0.39 is 17.7 Å². The second-order valence-electron chi connectivity index (χ2n) is 9.53. The summed E-state index contributed by atoms with van der Waals surface area (Å²) in [5.74, 6) is -0.844. The molecule has 15 heteroatoms. The molecule has 39 heavy (non-hydrogen) atoms. The molecule has 210 valence electrons. The number of nitrogens with zero attached hydrogens (tertiary/aromatic N) is 6. The molecule has 4 rings (SSSR count). The molecule has 1 saturated heterocycles. The molecule has 3 aromatic rings. The molecule has 1 amide bonds. The van der Waals surface area contributed by atoms with Gasteiger partial charge < -0.3 is 25.4 Å². The van der Waals surface area contributed by atoms with Crippen LogP contribution in [0.3, 0.4) is 0 Å². The Kier molecular flexibility index (Phi) is 8.93. The first-order valence-corrected chi connectivity index (χ1v) is 11.8. The Morgan fingerprint density at radius 1 is 1.10 bits per heavy atom. The van der Waals surface area contributed by atoms with Gasteiger partial charge in [0.15, 0.2) is 0 Å². The summed E-state index contributed by atoms with van der Waals surface area (Å²) in [7, 11) is 0. The van der Waals surface area contributed by atoms with E-state index >= 15 is 0 Å². The first-order chi connectivity index (χ1) is 18.2. The first-order valence-electron chi connectivity index (χ1n) is 11.8. The molecule has 0 radical (unpaired) electrons. The van der Waals surface area contributed by atoms with Crippen molar-refractivity contribution >= 4 is 29.5 Å². The molecule has 12 nitrogen and oxygen atoms in total. The van der Waals surface area contributed by atoms with Crippen molar-refractivity contribution in [2.24, 2.45) is 0 Å². The smallest absolute Gasteiger partial charge is 0.475 e. The fraction of sp³-hybridized carbons (Fsp3) is 0.417. The monoisotopic (exact) mass is 550 g/mol. The third-order valence-electron chi connectivity index (χ3n) is 5.08. The van der Waals surface area contributed by atoms with Gasteiger partial charge in [0.05, 0.1) is 5.69 Å². The zero-order chi connectivity index (χ0) is 28.8. The summed E-state index contributed by atoms with van der Waals surface area (Å²) in [6.45, 7) is 8.69. The lowest BCUT2D eigenvalue weighted by Gasteiger charge is -2.24. The summed E-state index contributed by atoms with van der Waals surface area (Å²) in [6, 6.07) is 9.69. The van der Waals surface area contributed by atoms with Crippen LogP contribution in [0.15, 0.2) is 42.9 Å². The number of aromatic nitrogens is 5. The van der Waals surface area contributed by atoms with Crippen LogP contribution in [0.25, 0.3) is 5.69 Å². The van der Waals surface area contributed by atoms with Crippen LogP contribution in [0.2, 0.25) is 0 Å². The standard InChI is InChI=1S/C22H28N8O2.C2HF3O2/c1-15-24-14-30(28-15)18-7-5-16(6-8-18)26-20-23-11-9-19(27-20)25-17-10-12-29(13-17)21(31)32-22(2,3)4;3-2(4,5)1(6)7/h5-9,11,14,17H,10,12-13H2,1-4H3,(H2,23,25,26,27);(H,6,7). The van der Waals surface area contributed by atoms with Gasteiger partial charge in [-0.2, -0.15) is 23.3 Å². The average molecular weight is 551 g/mol. The predicted octanol–water partition coefficient (Wildman–Crippen LogP) is 4.16. The van der Waals surface area contributed by atoms with E-state index in [0.717, 1.165) is 23.6 Å². The summed E-state index contributed by atoms with van der Waals surface area (Å²) in [6.07, 6.45) is -1.15. The number of hydrogen-bond donors (Lipinski definition) is 3. The molecule has 1 aliphatic heterocycles. The highest BCUT2D eigenvalue weighted by atomic mass is 19.4. The summed E-state index contributed by atoms with van der Waals surface area (Å²) >= 11 is 0. The number of aliphatic carboxylic acids is 1. The molecule has 1 atom stereocenters. The molecule has 3 heterocycles. The number of halogens is 3. The Hall–Kier alpha value is -4.43. The maximum atomic E-state index is 12.3. The molecular weight excluding hydrogens is 521 g/mol. The number of benzene rings is 1. The van der Waals surface area contributed by atoms with Crippen LogP contribution in [0, 0.1) is 6.92 Å². The highest BCUT2D eigenvalue weighted by Gasteiger charge is 2.38. The van der Waals surface area contributed by atoms with Crippen molar-refractivity contribution in [2.45, 2.75) is 51.9 Å². The van der Waals surface area contributed by atoms with E-state index in [1.54, 1.807) is 22.1 Å². The van der Waals surface area contributed by atoms with Crippen molar-refractivity contribution in [2.75, 3.05) is 23.7 Å². The average Bonchev–Trinajstić information content (AvgIpc) is 3.48. The largest absolute Gasteiger partial charge is 0.490 e. The van der Waals surface area contributed by atoms with E-state index in [1.165, 1.54) is 0 Å². The van der Waals surface area contributed by atoms with Crippen molar-refractivity contribution < 1.29 is 32.6 Å². The fourth-order valence-corrected chi connectivity index (χ4v) is 3.38. The lowest BCUT2D eigenvalue weighted by Crippen LogP contribution is -2.36. The third-order valence-corrected chi connectivity index (χ3v) is 5.08. The number of aryl methyl sites for hydroxylation is 1. The Bertz CT molecular complexity index is 1280. The lowest BCUT2D eigenvalue weighted by molar-refractivity contribution is -0.192. The normalized spacial score (nSPS) is 15.3. The van der Waals surface area contributed by atoms with Crippen LogP contribution >= 0.6 is 0 Å². The number of ether oxygens (including phenoxy) is 1. The highest BCUT2D eigenvalue weighted by molar-refractivity contribution is 5.73. The Morgan fingerprint density at radius 2 is 1.77 bits per heavy atom. The van der Waals surface area contributed by atoms with Gasteiger partial charge in [0.1, 0.15) is 23.6 Å². The minimum absolute atomic E-state index is 0.107. The number of rotatable bonds is 5. The number of hydrogen-bond acceptors (Lipinski definition) is 9. The van der Waals surface area contributed by atoms with Crippen LogP contribution in [0.1, 0.15) is 33.0 Å². The highest BCUT2D eigenvalue weighted by Crippen LogP contribution is 2.20. The molecule has 1 aromatic carbocycles. The van der Waals surface area contributed by atoms with Crippen LogP contribution < -0.4 is 10.6 Å². The van der Waals surface area contributed by atoms with Gasteiger partial charge in [0, 0.05) is 31.0 Å². The molecular formula is C24H29F3N8O4. The number of alkyl halides is 3. The van der Waals surface area contributed by atoms with Crippen LogP contribution in [0.4, 0.5) is 35.4 Å². The van der Waals surface area contributed by atoms with Crippen LogP contribution in [-0.2, 0) is 9.53 Å². The van der Waals surface area contributed by atoms with Crippen molar-refractivity contribution in [1.29, 1.82) is 0 Å². The molecule has 1 aliphatic rings. The zero-order valence-electron chi connectivity index (χ0n) is 21.7. The van der Waals surface area contributed by atoms with Gasteiger partial charge in [0.2, 0.25) is 5.95 Å². The molecule has 3 N–H and O–H groups in total. The summed E-state index contributed by atoms with van der Waals surface area (Å²) < 4.78 is 38.9. The number of carboxylic acids is 1. The second kappa shape index (κ2) is 12.0. The van der Waals surface area contributed by atoms with Gasteiger partial charge in [-0.25, -0.2) is 24.2 Å². The first kappa shape index (κ1) is 29.1. The van der Waals surface area contributed by atoms with E-state index in [9.17, 15) is 18.0 Å². The van der Waals surface area contributed by atoms with Crippen molar-refractivity contribution in [3.05, 3.63) is 48.7 Å².